The Morgan fingerprint density at radius 1 is 0.944 bits per heavy atom. The fraction of sp³-hybridized carbons (Fsp3) is 0.750. The lowest BCUT2D eigenvalue weighted by Crippen LogP contribution is -2.02. The molecular formula is C16H28O2. The zero-order valence-electron chi connectivity index (χ0n) is 11.9. The molecule has 0 aliphatic heterocycles. The van der Waals surface area contributed by atoms with E-state index >= 15 is 0 Å². The highest BCUT2D eigenvalue weighted by Gasteiger charge is 1.98. The first-order valence-corrected chi connectivity index (χ1v) is 7.24. The SMILES string of the molecule is CCCCC[C@H](O)C#C/C=C/[C@@H](O)CCCCC. The van der Waals surface area contributed by atoms with Crippen molar-refractivity contribution in [2.24, 2.45) is 0 Å². The Labute approximate surface area is 112 Å². The van der Waals surface area contributed by atoms with Crippen LogP contribution in [0.4, 0.5) is 0 Å². The third-order valence-corrected chi connectivity index (χ3v) is 2.84. The summed E-state index contributed by atoms with van der Waals surface area (Å²) in [6, 6.07) is 0. The van der Waals surface area contributed by atoms with Crippen molar-refractivity contribution in [1.29, 1.82) is 0 Å². The minimum atomic E-state index is -0.529. The quantitative estimate of drug-likeness (QED) is 0.487. The van der Waals surface area contributed by atoms with Gasteiger partial charge in [-0.1, -0.05) is 57.8 Å². The summed E-state index contributed by atoms with van der Waals surface area (Å²) in [5.74, 6) is 5.56. The van der Waals surface area contributed by atoms with Crippen LogP contribution in [-0.4, -0.2) is 22.4 Å². The van der Waals surface area contributed by atoms with Gasteiger partial charge in [-0.25, -0.2) is 0 Å². The molecule has 2 atom stereocenters. The third kappa shape index (κ3) is 11.7. The molecule has 0 heterocycles. The lowest BCUT2D eigenvalue weighted by molar-refractivity contribution is 0.208. The van der Waals surface area contributed by atoms with Crippen LogP contribution in [0.1, 0.15) is 65.2 Å². The van der Waals surface area contributed by atoms with Crippen LogP contribution in [0.15, 0.2) is 12.2 Å². The molecule has 2 nitrogen and oxygen atoms in total. The number of rotatable bonds is 9. The van der Waals surface area contributed by atoms with Gasteiger partial charge in [0, 0.05) is 0 Å². The molecule has 0 saturated carbocycles. The van der Waals surface area contributed by atoms with Crippen molar-refractivity contribution in [2.45, 2.75) is 77.4 Å². The molecule has 0 saturated heterocycles. The van der Waals surface area contributed by atoms with Crippen LogP contribution in [0.3, 0.4) is 0 Å². The minimum absolute atomic E-state index is 0.400. The van der Waals surface area contributed by atoms with Crippen molar-refractivity contribution in [3.8, 4) is 11.8 Å². The van der Waals surface area contributed by atoms with E-state index in [2.05, 4.69) is 25.7 Å². The van der Waals surface area contributed by atoms with Gasteiger partial charge in [0.1, 0.15) is 6.10 Å². The highest BCUT2D eigenvalue weighted by molar-refractivity contribution is 5.18. The number of aliphatic hydroxyl groups is 2. The molecule has 0 spiro atoms. The molecule has 0 bridgehead atoms. The van der Waals surface area contributed by atoms with Gasteiger partial charge in [-0.3, -0.25) is 0 Å². The molecule has 0 aliphatic rings. The van der Waals surface area contributed by atoms with Gasteiger partial charge >= 0.3 is 0 Å². The third-order valence-electron chi connectivity index (χ3n) is 2.84. The topological polar surface area (TPSA) is 40.5 Å². The highest BCUT2D eigenvalue weighted by atomic mass is 16.3. The molecule has 2 heteroatoms. The second-order valence-electron chi connectivity index (χ2n) is 4.72. The molecule has 0 rings (SSSR count). The van der Waals surface area contributed by atoms with E-state index in [0.29, 0.717) is 0 Å². The van der Waals surface area contributed by atoms with Gasteiger partial charge in [0.05, 0.1) is 6.10 Å². The van der Waals surface area contributed by atoms with Gasteiger partial charge in [0.25, 0.3) is 0 Å². The molecular weight excluding hydrogens is 224 g/mol. The average Bonchev–Trinajstić information content (AvgIpc) is 2.35. The van der Waals surface area contributed by atoms with E-state index < -0.39 is 12.2 Å². The van der Waals surface area contributed by atoms with Crippen molar-refractivity contribution in [2.75, 3.05) is 0 Å². The Bertz CT molecular complexity index is 260. The second kappa shape index (κ2) is 12.7. The number of hydrogen-bond acceptors (Lipinski definition) is 2. The molecule has 0 radical (unpaired) electrons. The van der Waals surface area contributed by atoms with E-state index in [-0.39, 0.29) is 0 Å². The first kappa shape index (κ1) is 17.2. The van der Waals surface area contributed by atoms with Gasteiger partial charge in [-0.05, 0) is 31.4 Å². The molecule has 0 amide bonds. The van der Waals surface area contributed by atoms with Crippen molar-refractivity contribution in [3.05, 3.63) is 12.2 Å². The average molecular weight is 252 g/mol. The van der Waals surface area contributed by atoms with Crippen molar-refractivity contribution >= 4 is 0 Å². The van der Waals surface area contributed by atoms with E-state index in [4.69, 9.17) is 0 Å². The van der Waals surface area contributed by atoms with Gasteiger partial charge < -0.3 is 10.2 Å². The normalized spacial score (nSPS) is 14.2. The van der Waals surface area contributed by atoms with E-state index in [1.807, 2.05) is 0 Å². The molecule has 104 valence electrons. The predicted molar refractivity (Wildman–Crippen MR) is 77.2 cm³/mol. The minimum Gasteiger partial charge on any atom is -0.389 e. The molecule has 0 aliphatic carbocycles. The monoisotopic (exact) mass is 252 g/mol. The van der Waals surface area contributed by atoms with E-state index in [9.17, 15) is 10.2 Å². The molecule has 0 fully saturated rings. The van der Waals surface area contributed by atoms with Gasteiger partial charge in [-0.15, -0.1) is 0 Å². The lowest BCUT2D eigenvalue weighted by Gasteiger charge is -2.03. The number of aliphatic hydroxyl groups excluding tert-OH is 2. The van der Waals surface area contributed by atoms with Crippen LogP contribution in [0.25, 0.3) is 0 Å². The number of hydrogen-bond donors (Lipinski definition) is 2. The summed E-state index contributed by atoms with van der Waals surface area (Å²) in [5.41, 5.74) is 0. The van der Waals surface area contributed by atoms with E-state index in [1.54, 1.807) is 12.2 Å². The maximum Gasteiger partial charge on any atom is 0.115 e. The zero-order chi connectivity index (χ0) is 13.6. The molecule has 0 unspecified atom stereocenters. The predicted octanol–water partition coefficient (Wildman–Crippen LogP) is 3.43. The zero-order valence-corrected chi connectivity index (χ0v) is 11.9. The van der Waals surface area contributed by atoms with Crippen molar-refractivity contribution < 1.29 is 10.2 Å². The molecule has 0 aromatic rings. The van der Waals surface area contributed by atoms with Crippen LogP contribution in [0.5, 0.6) is 0 Å². The van der Waals surface area contributed by atoms with Gasteiger partial charge in [-0.2, -0.15) is 0 Å². The Morgan fingerprint density at radius 3 is 2.17 bits per heavy atom. The first-order valence-electron chi connectivity index (χ1n) is 7.24. The van der Waals surface area contributed by atoms with E-state index in [0.717, 1.165) is 44.9 Å². The summed E-state index contributed by atoms with van der Waals surface area (Å²) in [6.07, 6.45) is 10.7. The lowest BCUT2D eigenvalue weighted by atomic mass is 10.1. The van der Waals surface area contributed by atoms with Crippen LogP contribution in [0, 0.1) is 11.8 Å². The second-order valence-corrected chi connectivity index (χ2v) is 4.72. The fourth-order valence-electron chi connectivity index (χ4n) is 1.66. The molecule has 0 aromatic heterocycles. The maximum absolute atomic E-state index is 9.60. The van der Waals surface area contributed by atoms with Gasteiger partial charge in [0.2, 0.25) is 0 Å². The summed E-state index contributed by atoms with van der Waals surface area (Å²) in [7, 11) is 0. The summed E-state index contributed by atoms with van der Waals surface area (Å²) < 4.78 is 0. The molecule has 2 N–H and O–H groups in total. The first-order chi connectivity index (χ1) is 8.70. The Balaban J connectivity index is 3.71. The van der Waals surface area contributed by atoms with Crippen LogP contribution in [-0.2, 0) is 0 Å². The van der Waals surface area contributed by atoms with Crippen LogP contribution >= 0.6 is 0 Å². The summed E-state index contributed by atoms with van der Waals surface area (Å²) in [4.78, 5) is 0. The Hall–Kier alpha value is -0.780. The number of allylic oxidation sites excluding steroid dienone is 1. The summed E-state index contributed by atoms with van der Waals surface area (Å²) in [6.45, 7) is 4.29. The Kier molecular flexibility index (Phi) is 12.1. The summed E-state index contributed by atoms with van der Waals surface area (Å²) in [5, 5.41) is 19.1. The maximum atomic E-state index is 9.60. The molecule has 18 heavy (non-hydrogen) atoms. The standard InChI is InChI=1S/C16H28O2/c1-3-5-7-11-15(17)13-9-10-14-16(18)12-8-6-4-2/h9,13,15-18H,3-8,11-12H2,1-2H3/b13-9+/t15-,16-/m0/s1. The fourth-order valence-corrected chi connectivity index (χ4v) is 1.66. The van der Waals surface area contributed by atoms with Crippen LogP contribution < -0.4 is 0 Å². The van der Waals surface area contributed by atoms with Crippen LogP contribution in [0.2, 0.25) is 0 Å². The smallest absolute Gasteiger partial charge is 0.115 e. The highest BCUT2D eigenvalue weighted by Crippen LogP contribution is 2.04. The van der Waals surface area contributed by atoms with Gasteiger partial charge in [0.15, 0.2) is 0 Å². The molecule has 0 aromatic carbocycles. The van der Waals surface area contributed by atoms with Crippen molar-refractivity contribution in [1.82, 2.24) is 0 Å². The summed E-state index contributed by atoms with van der Waals surface area (Å²) >= 11 is 0. The Morgan fingerprint density at radius 2 is 1.56 bits per heavy atom. The largest absolute Gasteiger partial charge is 0.389 e. The number of unbranched alkanes of at least 4 members (excludes halogenated alkanes) is 4. The van der Waals surface area contributed by atoms with E-state index in [1.165, 1.54) is 6.42 Å². The van der Waals surface area contributed by atoms with Crippen molar-refractivity contribution in [3.63, 3.8) is 0 Å².